The van der Waals surface area contributed by atoms with Gasteiger partial charge in [0.05, 0.1) is 17.6 Å². The molecule has 0 atom stereocenters. The highest BCUT2D eigenvalue weighted by Gasteiger charge is 2.21. The number of carboxylic acid groups (broad SMARTS) is 1. The van der Waals surface area contributed by atoms with Crippen molar-refractivity contribution in [3.8, 4) is 0 Å². The van der Waals surface area contributed by atoms with E-state index in [4.69, 9.17) is 9.84 Å². The molecule has 0 saturated heterocycles. The third-order valence-electron chi connectivity index (χ3n) is 2.98. The first-order valence-corrected chi connectivity index (χ1v) is 5.95. The van der Waals surface area contributed by atoms with Crippen LogP contribution in [0.4, 0.5) is 5.69 Å². The number of rotatable bonds is 5. The SMILES string of the molecule is COC(C)(C)CC(=O)Nc1cccc(C(=O)O)c1C. The van der Waals surface area contributed by atoms with E-state index in [0.29, 0.717) is 11.3 Å². The van der Waals surface area contributed by atoms with Gasteiger partial charge in [-0.15, -0.1) is 0 Å². The van der Waals surface area contributed by atoms with Gasteiger partial charge in [-0.1, -0.05) is 6.07 Å². The molecule has 5 heteroatoms. The Kier molecular flexibility index (Phi) is 4.67. The molecule has 0 aromatic heterocycles. The largest absolute Gasteiger partial charge is 0.478 e. The molecule has 1 amide bonds. The zero-order valence-electron chi connectivity index (χ0n) is 11.6. The zero-order valence-corrected chi connectivity index (χ0v) is 11.6. The first kappa shape index (κ1) is 15.2. The van der Waals surface area contributed by atoms with Crippen molar-refractivity contribution in [3.63, 3.8) is 0 Å². The smallest absolute Gasteiger partial charge is 0.336 e. The number of methoxy groups -OCH3 is 1. The van der Waals surface area contributed by atoms with E-state index >= 15 is 0 Å². The van der Waals surface area contributed by atoms with Crippen LogP contribution in [-0.2, 0) is 9.53 Å². The van der Waals surface area contributed by atoms with E-state index in [-0.39, 0.29) is 17.9 Å². The lowest BCUT2D eigenvalue weighted by molar-refractivity contribution is -0.121. The van der Waals surface area contributed by atoms with Crippen LogP contribution in [0.2, 0.25) is 0 Å². The number of carbonyl (C=O) groups excluding carboxylic acids is 1. The molecule has 1 aromatic rings. The molecule has 0 unspecified atom stereocenters. The van der Waals surface area contributed by atoms with Crippen LogP contribution in [-0.4, -0.2) is 29.7 Å². The quantitative estimate of drug-likeness (QED) is 0.857. The van der Waals surface area contributed by atoms with Crippen molar-refractivity contribution in [2.45, 2.75) is 32.8 Å². The average molecular weight is 265 g/mol. The van der Waals surface area contributed by atoms with Crippen LogP contribution in [0.3, 0.4) is 0 Å². The van der Waals surface area contributed by atoms with Crippen LogP contribution >= 0.6 is 0 Å². The van der Waals surface area contributed by atoms with Gasteiger partial charge in [0.2, 0.25) is 5.91 Å². The van der Waals surface area contributed by atoms with E-state index in [9.17, 15) is 9.59 Å². The molecule has 0 bridgehead atoms. The fourth-order valence-electron chi connectivity index (χ4n) is 1.66. The molecule has 0 spiro atoms. The van der Waals surface area contributed by atoms with Crippen LogP contribution in [0, 0.1) is 6.92 Å². The molecule has 0 saturated carbocycles. The first-order valence-electron chi connectivity index (χ1n) is 5.95. The normalized spacial score (nSPS) is 11.2. The molecule has 0 aliphatic rings. The van der Waals surface area contributed by atoms with Crippen molar-refractivity contribution in [3.05, 3.63) is 29.3 Å². The lowest BCUT2D eigenvalue weighted by atomic mass is 10.0. The van der Waals surface area contributed by atoms with Gasteiger partial charge < -0.3 is 15.2 Å². The Balaban J connectivity index is 2.86. The van der Waals surface area contributed by atoms with Gasteiger partial charge in [-0.05, 0) is 38.5 Å². The number of carbonyl (C=O) groups is 2. The summed E-state index contributed by atoms with van der Waals surface area (Å²) in [4.78, 5) is 22.9. The lowest BCUT2D eigenvalue weighted by Crippen LogP contribution is -2.29. The summed E-state index contributed by atoms with van der Waals surface area (Å²) in [6, 6.07) is 4.79. The van der Waals surface area contributed by atoms with Crippen molar-refractivity contribution in [2.75, 3.05) is 12.4 Å². The number of anilines is 1. The van der Waals surface area contributed by atoms with E-state index in [2.05, 4.69) is 5.32 Å². The predicted molar refractivity (Wildman–Crippen MR) is 72.5 cm³/mol. The van der Waals surface area contributed by atoms with Gasteiger partial charge in [-0.3, -0.25) is 4.79 Å². The van der Waals surface area contributed by atoms with E-state index in [1.165, 1.54) is 6.07 Å². The molecular formula is C14H19NO4. The number of benzene rings is 1. The van der Waals surface area contributed by atoms with Gasteiger partial charge in [0.1, 0.15) is 0 Å². The summed E-state index contributed by atoms with van der Waals surface area (Å²) < 4.78 is 5.18. The molecule has 5 nitrogen and oxygen atoms in total. The second-order valence-corrected chi connectivity index (χ2v) is 4.97. The van der Waals surface area contributed by atoms with Gasteiger partial charge in [0.25, 0.3) is 0 Å². The van der Waals surface area contributed by atoms with Crippen molar-refractivity contribution in [1.29, 1.82) is 0 Å². The Bertz CT molecular complexity index is 494. The van der Waals surface area contributed by atoms with Gasteiger partial charge in [0.15, 0.2) is 0 Å². The number of nitrogens with one attached hydrogen (secondary N) is 1. The minimum Gasteiger partial charge on any atom is -0.478 e. The second kappa shape index (κ2) is 5.84. The second-order valence-electron chi connectivity index (χ2n) is 4.97. The summed E-state index contributed by atoms with van der Waals surface area (Å²) >= 11 is 0. The summed E-state index contributed by atoms with van der Waals surface area (Å²) in [5.41, 5.74) is 0.682. The lowest BCUT2D eigenvalue weighted by Gasteiger charge is -2.22. The molecule has 0 radical (unpaired) electrons. The van der Waals surface area contributed by atoms with Crippen LogP contribution < -0.4 is 5.32 Å². The third kappa shape index (κ3) is 4.06. The maximum absolute atomic E-state index is 11.9. The van der Waals surface area contributed by atoms with Crippen LogP contribution in [0.5, 0.6) is 0 Å². The molecular weight excluding hydrogens is 246 g/mol. The Morgan fingerprint density at radius 3 is 2.53 bits per heavy atom. The van der Waals surface area contributed by atoms with Gasteiger partial charge in [0, 0.05) is 12.8 Å². The van der Waals surface area contributed by atoms with E-state index in [1.54, 1.807) is 26.2 Å². The molecule has 0 aliphatic carbocycles. The highest BCUT2D eigenvalue weighted by Crippen LogP contribution is 2.20. The topological polar surface area (TPSA) is 75.6 Å². The minimum absolute atomic E-state index is 0.184. The highest BCUT2D eigenvalue weighted by molar-refractivity contribution is 5.96. The molecule has 104 valence electrons. The van der Waals surface area contributed by atoms with Crippen LogP contribution in [0.15, 0.2) is 18.2 Å². The Morgan fingerprint density at radius 2 is 2.00 bits per heavy atom. The molecule has 0 fully saturated rings. The Hall–Kier alpha value is -1.88. The summed E-state index contributed by atoms with van der Waals surface area (Å²) in [6.07, 6.45) is 0.195. The van der Waals surface area contributed by atoms with Crippen LogP contribution in [0.25, 0.3) is 0 Å². The van der Waals surface area contributed by atoms with E-state index in [1.807, 2.05) is 13.8 Å². The fraction of sp³-hybridized carbons (Fsp3) is 0.429. The zero-order chi connectivity index (χ0) is 14.6. The molecule has 2 N–H and O–H groups in total. The summed E-state index contributed by atoms with van der Waals surface area (Å²) in [5.74, 6) is -1.22. The number of amides is 1. The van der Waals surface area contributed by atoms with E-state index < -0.39 is 11.6 Å². The number of ether oxygens (including phenoxy) is 1. The van der Waals surface area contributed by atoms with Gasteiger partial charge in [-0.25, -0.2) is 4.79 Å². The maximum Gasteiger partial charge on any atom is 0.336 e. The first-order chi connectivity index (χ1) is 8.76. The van der Waals surface area contributed by atoms with Crippen molar-refractivity contribution in [1.82, 2.24) is 0 Å². The molecule has 0 heterocycles. The fourth-order valence-corrected chi connectivity index (χ4v) is 1.66. The molecule has 19 heavy (non-hydrogen) atoms. The van der Waals surface area contributed by atoms with Gasteiger partial charge in [-0.2, -0.15) is 0 Å². The monoisotopic (exact) mass is 265 g/mol. The Labute approximate surface area is 112 Å². The van der Waals surface area contributed by atoms with Crippen molar-refractivity contribution < 1.29 is 19.4 Å². The maximum atomic E-state index is 11.9. The predicted octanol–water partition coefficient (Wildman–Crippen LogP) is 2.45. The Morgan fingerprint density at radius 1 is 1.37 bits per heavy atom. The standard InChI is InChI=1S/C14H19NO4/c1-9-10(13(17)18)6-5-7-11(9)15-12(16)8-14(2,3)19-4/h5-7H,8H2,1-4H3,(H,15,16)(H,17,18). The minimum atomic E-state index is -1.01. The molecule has 0 aliphatic heterocycles. The number of carboxylic acids is 1. The average Bonchev–Trinajstić information content (AvgIpc) is 2.30. The number of hydrogen-bond acceptors (Lipinski definition) is 3. The van der Waals surface area contributed by atoms with Crippen molar-refractivity contribution >= 4 is 17.6 Å². The summed E-state index contributed by atoms with van der Waals surface area (Å²) in [7, 11) is 1.55. The third-order valence-corrected chi connectivity index (χ3v) is 2.98. The molecule has 1 rings (SSSR count). The highest BCUT2D eigenvalue weighted by atomic mass is 16.5. The van der Waals surface area contributed by atoms with Gasteiger partial charge >= 0.3 is 5.97 Å². The van der Waals surface area contributed by atoms with E-state index in [0.717, 1.165) is 0 Å². The number of aromatic carboxylic acids is 1. The van der Waals surface area contributed by atoms with Crippen LogP contribution in [0.1, 0.15) is 36.2 Å². The summed E-state index contributed by atoms with van der Waals surface area (Å²) in [6.45, 7) is 5.29. The molecule has 1 aromatic carbocycles. The summed E-state index contributed by atoms with van der Waals surface area (Å²) in [5, 5.41) is 11.7. The van der Waals surface area contributed by atoms with Crippen molar-refractivity contribution in [2.24, 2.45) is 0 Å². The number of hydrogen-bond donors (Lipinski definition) is 2.